The number of rotatable bonds is 5. The van der Waals surface area contributed by atoms with Crippen molar-refractivity contribution in [2.45, 2.75) is 20.0 Å². The van der Waals surface area contributed by atoms with E-state index in [1.807, 2.05) is 56.3 Å². The van der Waals surface area contributed by atoms with Crippen LogP contribution in [0.2, 0.25) is 0 Å². The van der Waals surface area contributed by atoms with E-state index in [2.05, 4.69) is 15.8 Å². The summed E-state index contributed by atoms with van der Waals surface area (Å²) >= 11 is 0. The molecule has 0 fully saturated rings. The fourth-order valence-corrected chi connectivity index (χ4v) is 1.75. The molecule has 0 spiro atoms. The number of ether oxygens (including phenoxy) is 1. The summed E-state index contributed by atoms with van der Waals surface area (Å²) in [6.45, 7) is 3.95. The average molecular weight is 297 g/mol. The standard InChI is InChI=1S/C17H19N3O2/c1-13(2)22-16-10-8-14(9-11-16)12-18-20-17(21)19-15-6-4-3-5-7-15/h3-13H,1-2H3,(H2,19,20,21)/b18-12+. The number of hydrazone groups is 1. The minimum atomic E-state index is -0.387. The molecule has 0 radical (unpaired) electrons. The lowest BCUT2D eigenvalue weighted by Crippen LogP contribution is -2.24. The summed E-state index contributed by atoms with van der Waals surface area (Å²) in [5.41, 5.74) is 4.00. The second-order valence-corrected chi connectivity index (χ2v) is 4.93. The smallest absolute Gasteiger partial charge is 0.339 e. The van der Waals surface area contributed by atoms with E-state index in [-0.39, 0.29) is 12.1 Å². The van der Waals surface area contributed by atoms with Crippen LogP contribution < -0.4 is 15.5 Å². The zero-order valence-electron chi connectivity index (χ0n) is 12.6. The van der Waals surface area contributed by atoms with E-state index in [9.17, 15) is 4.79 Å². The average Bonchev–Trinajstić information content (AvgIpc) is 2.49. The Morgan fingerprint density at radius 3 is 2.41 bits per heavy atom. The van der Waals surface area contributed by atoms with Gasteiger partial charge < -0.3 is 10.1 Å². The van der Waals surface area contributed by atoms with E-state index < -0.39 is 0 Å². The van der Waals surface area contributed by atoms with Crippen LogP contribution in [0.5, 0.6) is 5.75 Å². The van der Waals surface area contributed by atoms with Gasteiger partial charge in [0.1, 0.15) is 5.75 Å². The van der Waals surface area contributed by atoms with Crippen molar-refractivity contribution < 1.29 is 9.53 Å². The van der Waals surface area contributed by atoms with Crippen LogP contribution in [-0.4, -0.2) is 18.3 Å². The molecule has 0 bridgehead atoms. The number of hydrogen-bond acceptors (Lipinski definition) is 3. The molecule has 0 atom stereocenters. The van der Waals surface area contributed by atoms with Crippen molar-refractivity contribution in [1.82, 2.24) is 5.43 Å². The van der Waals surface area contributed by atoms with Gasteiger partial charge in [0, 0.05) is 5.69 Å². The van der Waals surface area contributed by atoms with Crippen LogP contribution in [0.15, 0.2) is 59.7 Å². The largest absolute Gasteiger partial charge is 0.491 e. The van der Waals surface area contributed by atoms with Crippen molar-refractivity contribution in [3.63, 3.8) is 0 Å². The van der Waals surface area contributed by atoms with E-state index >= 15 is 0 Å². The van der Waals surface area contributed by atoms with Crippen molar-refractivity contribution in [3.8, 4) is 5.75 Å². The van der Waals surface area contributed by atoms with Crippen molar-refractivity contribution in [3.05, 3.63) is 60.2 Å². The van der Waals surface area contributed by atoms with E-state index in [0.717, 1.165) is 11.3 Å². The minimum Gasteiger partial charge on any atom is -0.491 e. The zero-order chi connectivity index (χ0) is 15.8. The van der Waals surface area contributed by atoms with Gasteiger partial charge in [-0.1, -0.05) is 18.2 Å². The molecule has 0 heterocycles. The number of urea groups is 1. The molecule has 2 rings (SSSR count). The zero-order valence-corrected chi connectivity index (χ0v) is 12.6. The number of nitrogens with zero attached hydrogens (tertiary/aromatic N) is 1. The van der Waals surface area contributed by atoms with Crippen LogP contribution in [0.4, 0.5) is 10.5 Å². The summed E-state index contributed by atoms with van der Waals surface area (Å²) in [6, 6.07) is 16.3. The fraction of sp³-hybridized carbons (Fsp3) is 0.176. The SMILES string of the molecule is CC(C)Oc1ccc(/C=N/NC(=O)Nc2ccccc2)cc1. The van der Waals surface area contributed by atoms with Crippen LogP contribution in [-0.2, 0) is 0 Å². The van der Waals surface area contributed by atoms with E-state index in [4.69, 9.17) is 4.74 Å². The Kier molecular flexibility index (Phi) is 5.54. The minimum absolute atomic E-state index is 0.142. The predicted octanol–water partition coefficient (Wildman–Crippen LogP) is 3.63. The summed E-state index contributed by atoms with van der Waals surface area (Å²) < 4.78 is 5.55. The Labute approximate surface area is 130 Å². The van der Waals surface area contributed by atoms with Gasteiger partial charge >= 0.3 is 6.03 Å². The summed E-state index contributed by atoms with van der Waals surface area (Å²) in [6.07, 6.45) is 1.71. The Balaban J connectivity index is 1.83. The van der Waals surface area contributed by atoms with Gasteiger partial charge in [0.2, 0.25) is 0 Å². The molecule has 0 saturated carbocycles. The molecule has 0 aliphatic heterocycles. The first-order chi connectivity index (χ1) is 10.6. The molecule has 5 heteroatoms. The monoisotopic (exact) mass is 297 g/mol. The number of para-hydroxylation sites is 1. The Bertz CT molecular complexity index is 622. The number of carbonyl (C=O) groups excluding carboxylic acids is 1. The maximum atomic E-state index is 11.6. The number of anilines is 1. The molecule has 0 saturated heterocycles. The van der Waals surface area contributed by atoms with Gasteiger partial charge in [-0.3, -0.25) is 0 Å². The fourth-order valence-electron chi connectivity index (χ4n) is 1.75. The molecular formula is C17H19N3O2. The molecule has 5 nitrogen and oxygen atoms in total. The molecule has 0 unspecified atom stereocenters. The third-order valence-electron chi connectivity index (χ3n) is 2.66. The molecule has 0 aromatic heterocycles. The van der Waals surface area contributed by atoms with Crippen LogP contribution in [0, 0.1) is 0 Å². The van der Waals surface area contributed by atoms with Crippen LogP contribution in [0.25, 0.3) is 0 Å². The van der Waals surface area contributed by atoms with Gasteiger partial charge in [-0.2, -0.15) is 5.10 Å². The number of hydrogen-bond donors (Lipinski definition) is 2. The Hall–Kier alpha value is -2.82. The number of benzene rings is 2. The molecule has 2 N–H and O–H groups in total. The van der Waals surface area contributed by atoms with Gasteiger partial charge in [0.25, 0.3) is 0 Å². The summed E-state index contributed by atoms with van der Waals surface area (Å²) in [4.78, 5) is 11.6. The molecule has 2 aromatic rings. The molecule has 22 heavy (non-hydrogen) atoms. The van der Waals surface area contributed by atoms with Crippen LogP contribution in [0.3, 0.4) is 0 Å². The van der Waals surface area contributed by atoms with Crippen molar-refractivity contribution in [1.29, 1.82) is 0 Å². The van der Waals surface area contributed by atoms with Crippen molar-refractivity contribution in [2.75, 3.05) is 5.32 Å². The normalized spacial score (nSPS) is 10.7. The Morgan fingerprint density at radius 2 is 1.77 bits per heavy atom. The number of nitrogens with one attached hydrogen (secondary N) is 2. The molecule has 2 aromatic carbocycles. The topological polar surface area (TPSA) is 62.7 Å². The van der Waals surface area contributed by atoms with Gasteiger partial charge in [-0.25, -0.2) is 10.2 Å². The van der Waals surface area contributed by atoms with E-state index in [1.54, 1.807) is 18.3 Å². The molecule has 2 amide bonds. The van der Waals surface area contributed by atoms with Crippen molar-refractivity contribution >= 4 is 17.9 Å². The maximum Gasteiger partial charge on any atom is 0.339 e. The van der Waals surface area contributed by atoms with E-state index in [0.29, 0.717) is 5.69 Å². The molecule has 0 aliphatic rings. The Morgan fingerprint density at radius 1 is 1.09 bits per heavy atom. The third kappa shape index (κ3) is 5.28. The third-order valence-corrected chi connectivity index (χ3v) is 2.66. The molecule has 114 valence electrons. The summed E-state index contributed by atoms with van der Waals surface area (Å²) in [7, 11) is 0. The summed E-state index contributed by atoms with van der Waals surface area (Å²) in [5, 5.41) is 6.58. The first kappa shape index (κ1) is 15.6. The number of carbonyl (C=O) groups is 1. The first-order valence-electron chi connectivity index (χ1n) is 7.05. The lowest BCUT2D eigenvalue weighted by molar-refractivity contribution is 0.242. The summed E-state index contributed by atoms with van der Waals surface area (Å²) in [5.74, 6) is 0.807. The maximum absolute atomic E-state index is 11.6. The van der Waals surface area contributed by atoms with Gasteiger partial charge in [0.15, 0.2) is 0 Å². The van der Waals surface area contributed by atoms with Crippen molar-refractivity contribution in [2.24, 2.45) is 5.10 Å². The predicted molar refractivity (Wildman–Crippen MR) is 88.4 cm³/mol. The number of amides is 2. The highest BCUT2D eigenvalue weighted by molar-refractivity contribution is 5.90. The van der Waals surface area contributed by atoms with Crippen LogP contribution in [0.1, 0.15) is 19.4 Å². The second kappa shape index (κ2) is 7.83. The van der Waals surface area contributed by atoms with Crippen LogP contribution >= 0.6 is 0 Å². The highest BCUT2D eigenvalue weighted by atomic mass is 16.5. The molecule has 0 aliphatic carbocycles. The van der Waals surface area contributed by atoms with Gasteiger partial charge in [-0.05, 0) is 55.8 Å². The first-order valence-corrected chi connectivity index (χ1v) is 7.05. The van der Waals surface area contributed by atoms with E-state index in [1.165, 1.54) is 0 Å². The van der Waals surface area contributed by atoms with Gasteiger partial charge in [-0.15, -0.1) is 0 Å². The lowest BCUT2D eigenvalue weighted by Gasteiger charge is -2.09. The second-order valence-electron chi connectivity index (χ2n) is 4.93. The van der Waals surface area contributed by atoms with Gasteiger partial charge in [0.05, 0.1) is 12.3 Å². The molecular weight excluding hydrogens is 278 g/mol. The highest BCUT2D eigenvalue weighted by Gasteiger charge is 1.99. The quantitative estimate of drug-likeness (QED) is 0.654. The highest BCUT2D eigenvalue weighted by Crippen LogP contribution is 2.12. The lowest BCUT2D eigenvalue weighted by atomic mass is 10.2.